The van der Waals surface area contributed by atoms with Gasteiger partial charge in [0, 0.05) is 0 Å². The van der Waals surface area contributed by atoms with Crippen molar-refractivity contribution in [3.63, 3.8) is 0 Å². The number of phenols is 1. The van der Waals surface area contributed by atoms with Gasteiger partial charge in [-0.15, -0.1) is 0 Å². The predicted molar refractivity (Wildman–Crippen MR) is 78.1 cm³/mol. The summed E-state index contributed by atoms with van der Waals surface area (Å²) in [6.07, 6.45) is 0. The molecule has 104 valence electrons. The molecule has 5 heteroatoms. The van der Waals surface area contributed by atoms with Crippen molar-refractivity contribution in [2.75, 3.05) is 0 Å². The zero-order chi connectivity index (χ0) is 14.7. The molecule has 0 fully saturated rings. The zero-order valence-electron chi connectivity index (χ0n) is 10.7. The van der Waals surface area contributed by atoms with Gasteiger partial charge >= 0.3 is 0 Å². The van der Waals surface area contributed by atoms with Gasteiger partial charge in [0.1, 0.15) is 11.6 Å². The van der Waals surface area contributed by atoms with Crippen LogP contribution in [0.1, 0.15) is 28.9 Å². The summed E-state index contributed by atoms with van der Waals surface area (Å²) < 4.78 is 13.5. The Morgan fingerprint density at radius 2 is 2.00 bits per heavy atom. The Balaban J connectivity index is 2.17. The quantitative estimate of drug-likeness (QED) is 0.895. The van der Waals surface area contributed by atoms with E-state index in [1.54, 1.807) is 31.2 Å². The molecule has 0 saturated heterocycles. The Morgan fingerprint density at radius 3 is 2.70 bits per heavy atom. The topological polar surface area (TPSA) is 49.3 Å². The van der Waals surface area contributed by atoms with Crippen molar-refractivity contribution in [3.05, 3.63) is 63.9 Å². The summed E-state index contributed by atoms with van der Waals surface area (Å²) in [6, 6.07) is 10.6. The molecule has 0 spiro atoms. The van der Waals surface area contributed by atoms with Crippen LogP contribution in [0.5, 0.6) is 5.75 Å². The molecule has 3 nitrogen and oxygen atoms in total. The molecule has 2 N–H and O–H groups in total. The lowest BCUT2D eigenvalue weighted by molar-refractivity contribution is 0.0938. The van der Waals surface area contributed by atoms with Gasteiger partial charge in [-0.3, -0.25) is 4.79 Å². The van der Waals surface area contributed by atoms with Crippen LogP contribution >= 0.6 is 15.9 Å². The number of halogens is 2. The van der Waals surface area contributed by atoms with Crippen LogP contribution in [0.25, 0.3) is 0 Å². The molecular weight excluding hydrogens is 325 g/mol. The van der Waals surface area contributed by atoms with Crippen LogP contribution in [0.3, 0.4) is 0 Å². The molecule has 0 aromatic heterocycles. The monoisotopic (exact) mass is 337 g/mol. The van der Waals surface area contributed by atoms with Crippen molar-refractivity contribution in [1.82, 2.24) is 5.32 Å². The minimum atomic E-state index is -0.484. The number of aromatic hydroxyl groups is 1. The van der Waals surface area contributed by atoms with Gasteiger partial charge in [-0.05, 0) is 52.7 Å². The van der Waals surface area contributed by atoms with Crippen molar-refractivity contribution in [2.24, 2.45) is 0 Å². The van der Waals surface area contributed by atoms with Crippen LogP contribution in [-0.4, -0.2) is 11.0 Å². The molecule has 1 unspecified atom stereocenters. The maximum atomic E-state index is 13.4. The van der Waals surface area contributed by atoms with Gasteiger partial charge in [0.25, 0.3) is 5.91 Å². The first-order chi connectivity index (χ1) is 9.49. The summed E-state index contributed by atoms with van der Waals surface area (Å²) in [7, 11) is 0. The van der Waals surface area contributed by atoms with Gasteiger partial charge in [-0.1, -0.05) is 18.2 Å². The Morgan fingerprint density at radius 1 is 1.30 bits per heavy atom. The van der Waals surface area contributed by atoms with Crippen molar-refractivity contribution in [1.29, 1.82) is 0 Å². The summed E-state index contributed by atoms with van der Waals surface area (Å²) in [4.78, 5) is 12.1. The summed E-state index contributed by atoms with van der Waals surface area (Å²) in [5.41, 5.74) is 1.00. The minimum absolute atomic E-state index is 0.135. The van der Waals surface area contributed by atoms with Crippen LogP contribution in [0.2, 0.25) is 0 Å². The second-order valence-electron chi connectivity index (χ2n) is 4.39. The van der Waals surface area contributed by atoms with Crippen LogP contribution in [-0.2, 0) is 0 Å². The highest BCUT2D eigenvalue weighted by molar-refractivity contribution is 9.10. The number of carbonyl (C=O) groups is 1. The lowest BCUT2D eigenvalue weighted by Crippen LogP contribution is -2.27. The van der Waals surface area contributed by atoms with E-state index in [9.17, 15) is 14.3 Å². The van der Waals surface area contributed by atoms with E-state index in [-0.39, 0.29) is 27.7 Å². The second kappa shape index (κ2) is 6.05. The largest absolute Gasteiger partial charge is 0.508 e. The molecule has 0 aliphatic rings. The maximum Gasteiger partial charge on any atom is 0.253 e. The number of carbonyl (C=O) groups excluding carboxylic acids is 1. The van der Waals surface area contributed by atoms with Gasteiger partial charge in [-0.2, -0.15) is 0 Å². The van der Waals surface area contributed by atoms with Crippen molar-refractivity contribution >= 4 is 21.8 Å². The molecular formula is C15H13BrFNO2. The maximum absolute atomic E-state index is 13.4. The molecule has 1 atom stereocenters. The molecule has 2 aromatic carbocycles. The molecule has 1 amide bonds. The number of rotatable bonds is 3. The van der Waals surface area contributed by atoms with E-state index >= 15 is 0 Å². The SMILES string of the molecule is CC(NC(=O)c1cccc(F)c1Br)c1cccc(O)c1. The van der Waals surface area contributed by atoms with E-state index in [4.69, 9.17) is 0 Å². The lowest BCUT2D eigenvalue weighted by Gasteiger charge is -2.15. The normalized spacial score (nSPS) is 11.9. The minimum Gasteiger partial charge on any atom is -0.508 e. The fourth-order valence-electron chi connectivity index (χ4n) is 1.83. The first kappa shape index (κ1) is 14.5. The molecule has 0 bridgehead atoms. The molecule has 0 heterocycles. The Bertz CT molecular complexity index is 646. The summed E-state index contributed by atoms with van der Waals surface area (Å²) in [5, 5.41) is 12.2. The smallest absolute Gasteiger partial charge is 0.253 e. The average Bonchev–Trinajstić information content (AvgIpc) is 2.41. The molecule has 2 aromatic rings. The third-order valence-electron chi connectivity index (χ3n) is 2.91. The number of amides is 1. The van der Waals surface area contributed by atoms with E-state index in [1.807, 2.05) is 0 Å². The molecule has 2 rings (SSSR count). The predicted octanol–water partition coefficient (Wildman–Crippen LogP) is 3.78. The van der Waals surface area contributed by atoms with Crippen molar-refractivity contribution in [2.45, 2.75) is 13.0 Å². The number of benzene rings is 2. The number of hydrogen-bond donors (Lipinski definition) is 2. The third-order valence-corrected chi connectivity index (χ3v) is 3.72. The molecule has 0 saturated carbocycles. The van der Waals surface area contributed by atoms with E-state index in [1.165, 1.54) is 18.2 Å². The van der Waals surface area contributed by atoms with Crippen LogP contribution in [0, 0.1) is 5.82 Å². The first-order valence-electron chi connectivity index (χ1n) is 6.03. The molecule has 0 aliphatic heterocycles. The van der Waals surface area contributed by atoms with Gasteiger partial charge < -0.3 is 10.4 Å². The van der Waals surface area contributed by atoms with E-state index in [0.717, 1.165) is 5.56 Å². The summed E-state index contributed by atoms with van der Waals surface area (Å²) >= 11 is 3.06. The average molecular weight is 338 g/mol. The van der Waals surface area contributed by atoms with Gasteiger partial charge in [0.15, 0.2) is 0 Å². The highest BCUT2D eigenvalue weighted by Crippen LogP contribution is 2.22. The first-order valence-corrected chi connectivity index (χ1v) is 6.82. The number of hydrogen-bond acceptors (Lipinski definition) is 2. The van der Waals surface area contributed by atoms with Crippen molar-refractivity contribution < 1.29 is 14.3 Å². The van der Waals surface area contributed by atoms with Gasteiger partial charge in [0.05, 0.1) is 16.1 Å². The molecule has 20 heavy (non-hydrogen) atoms. The zero-order valence-corrected chi connectivity index (χ0v) is 12.3. The molecule has 0 aliphatic carbocycles. The Labute approximate surface area is 124 Å². The second-order valence-corrected chi connectivity index (χ2v) is 5.18. The number of nitrogens with one attached hydrogen (secondary N) is 1. The summed E-state index contributed by atoms with van der Waals surface area (Å²) in [6.45, 7) is 1.79. The third kappa shape index (κ3) is 3.17. The van der Waals surface area contributed by atoms with Gasteiger partial charge in [0.2, 0.25) is 0 Å². The van der Waals surface area contributed by atoms with Gasteiger partial charge in [-0.25, -0.2) is 4.39 Å². The van der Waals surface area contributed by atoms with E-state index in [2.05, 4.69) is 21.2 Å². The number of phenolic OH excluding ortho intramolecular Hbond substituents is 1. The van der Waals surface area contributed by atoms with E-state index in [0.29, 0.717) is 0 Å². The van der Waals surface area contributed by atoms with Crippen LogP contribution < -0.4 is 5.32 Å². The summed E-state index contributed by atoms with van der Waals surface area (Å²) in [5.74, 6) is -0.731. The fraction of sp³-hybridized carbons (Fsp3) is 0.133. The fourth-order valence-corrected chi connectivity index (χ4v) is 2.28. The highest BCUT2D eigenvalue weighted by Gasteiger charge is 2.16. The Hall–Kier alpha value is -1.88. The van der Waals surface area contributed by atoms with Crippen LogP contribution in [0.15, 0.2) is 46.9 Å². The van der Waals surface area contributed by atoms with Crippen LogP contribution in [0.4, 0.5) is 4.39 Å². The van der Waals surface area contributed by atoms with E-state index < -0.39 is 5.82 Å². The molecule has 0 radical (unpaired) electrons. The standard InChI is InChI=1S/C15H13BrFNO2/c1-9(10-4-2-5-11(19)8-10)18-15(20)12-6-3-7-13(17)14(12)16/h2-9,19H,1H3,(H,18,20). The lowest BCUT2D eigenvalue weighted by atomic mass is 10.1. The van der Waals surface area contributed by atoms with Crippen molar-refractivity contribution in [3.8, 4) is 5.75 Å². The Kier molecular flexibility index (Phi) is 4.39. The highest BCUT2D eigenvalue weighted by atomic mass is 79.9.